The van der Waals surface area contributed by atoms with Gasteiger partial charge in [-0.3, -0.25) is 4.79 Å². The maximum atomic E-state index is 12.4. The highest BCUT2D eigenvalue weighted by Crippen LogP contribution is 2.38. The van der Waals surface area contributed by atoms with Gasteiger partial charge in [0, 0.05) is 12.5 Å². The fourth-order valence-electron chi connectivity index (χ4n) is 3.16. The van der Waals surface area contributed by atoms with E-state index < -0.39 is 12.7 Å². The highest BCUT2D eigenvalue weighted by atomic mass is 19.4. The molecular formula is C12H17F3N6O. The van der Waals surface area contributed by atoms with Crippen LogP contribution in [0.4, 0.5) is 13.2 Å². The van der Waals surface area contributed by atoms with E-state index in [1.54, 1.807) is 0 Å². The van der Waals surface area contributed by atoms with E-state index in [9.17, 15) is 18.0 Å². The van der Waals surface area contributed by atoms with Gasteiger partial charge in [0.2, 0.25) is 5.91 Å². The number of rotatable bonds is 4. The minimum Gasteiger partial charge on any atom is -0.349 e. The van der Waals surface area contributed by atoms with Crippen molar-refractivity contribution < 1.29 is 18.0 Å². The Bertz CT molecular complexity index is 553. The molecule has 1 saturated carbocycles. The molecule has 2 fully saturated rings. The molecular weight excluding hydrogens is 301 g/mol. The minimum atomic E-state index is -4.36. The lowest BCUT2D eigenvalue weighted by atomic mass is 9.68. The number of nitrogens with zero attached hydrogens (tertiary/aromatic N) is 4. The van der Waals surface area contributed by atoms with Crippen molar-refractivity contribution in [3.63, 3.8) is 0 Å². The third-order valence-electron chi connectivity index (χ3n) is 4.40. The number of carbonyl (C=O) groups excluding carboxylic acids is 1. The first-order chi connectivity index (χ1) is 10.4. The lowest BCUT2D eigenvalue weighted by Crippen LogP contribution is -2.67. The molecule has 2 N–H and O–H groups in total. The lowest BCUT2D eigenvalue weighted by molar-refractivity contribution is -0.143. The summed E-state index contributed by atoms with van der Waals surface area (Å²) in [6.45, 7) is -1.06. The Morgan fingerprint density at radius 3 is 2.82 bits per heavy atom. The number of alkyl halides is 3. The van der Waals surface area contributed by atoms with Crippen LogP contribution < -0.4 is 10.6 Å². The topological polar surface area (TPSA) is 84.7 Å². The van der Waals surface area contributed by atoms with Gasteiger partial charge in [0.25, 0.3) is 0 Å². The average molecular weight is 318 g/mol. The van der Waals surface area contributed by atoms with Gasteiger partial charge in [-0.25, -0.2) is 4.68 Å². The zero-order chi connectivity index (χ0) is 15.8. The van der Waals surface area contributed by atoms with E-state index >= 15 is 0 Å². The van der Waals surface area contributed by atoms with E-state index in [2.05, 4.69) is 26.2 Å². The molecule has 0 aromatic carbocycles. The number of amides is 1. The second-order valence-electron chi connectivity index (χ2n) is 5.90. The van der Waals surface area contributed by atoms with Crippen molar-refractivity contribution in [2.75, 3.05) is 0 Å². The summed E-state index contributed by atoms with van der Waals surface area (Å²) in [5.41, 5.74) is -0.252. The number of hydrogen-bond acceptors (Lipinski definition) is 5. The van der Waals surface area contributed by atoms with Gasteiger partial charge in [-0.1, -0.05) is 0 Å². The SMILES string of the molecule is O=C1CCC(NCc2nnnn2CC(F)(F)F)C2(CCC2)N1. The van der Waals surface area contributed by atoms with Gasteiger partial charge in [-0.2, -0.15) is 13.2 Å². The molecule has 10 heteroatoms. The van der Waals surface area contributed by atoms with Gasteiger partial charge >= 0.3 is 6.18 Å². The molecule has 1 aliphatic carbocycles. The molecule has 22 heavy (non-hydrogen) atoms. The summed E-state index contributed by atoms with van der Waals surface area (Å²) in [7, 11) is 0. The largest absolute Gasteiger partial charge is 0.408 e. The number of aromatic nitrogens is 4. The van der Waals surface area contributed by atoms with Gasteiger partial charge in [0.1, 0.15) is 6.54 Å². The molecule has 1 aromatic rings. The van der Waals surface area contributed by atoms with Crippen molar-refractivity contribution in [3.05, 3.63) is 5.82 Å². The highest BCUT2D eigenvalue weighted by Gasteiger charge is 2.47. The third kappa shape index (κ3) is 3.06. The summed E-state index contributed by atoms with van der Waals surface area (Å²) in [6.07, 6.45) is -0.435. The first-order valence-electron chi connectivity index (χ1n) is 7.24. The van der Waals surface area contributed by atoms with Crippen LogP contribution in [0.25, 0.3) is 0 Å². The summed E-state index contributed by atoms with van der Waals surface area (Å²) < 4.78 is 38.1. The van der Waals surface area contributed by atoms with Crippen molar-refractivity contribution in [2.45, 2.75) is 63.0 Å². The van der Waals surface area contributed by atoms with Crippen LogP contribution in [0.2, 0.25) is 0 Å². The quantitative estimate of drug-likeness (QED) is 0.846. The Balaban J connectivity index is 1.63. The number of tetrazole rings is 1. The van der Waals surface area contributed by atoms with Crippen molar-refractivity contribution in [1.82, 2.24) is 30.8 Å². The standard InChI is InChI=1S/C12H17F3N6O/c13-12(14,15)7-21-9(18-19-20-21)6-16-8-2-3-10(22)17-11(8)4-1-5-11/h8,16H,1-7H2,(H,17,22). The molecule has 3 rings (SSSR count). The van der Waals surface area contributed by atoms with Crippen molar-refractivity contribution in [3.8, 4) is 0 Å². The predicted molar refractivity (Wildman–Crippen MR) is 68.5 cm³/mol. The molecule has 122 valence electrons. The Kier molecular flexibility index (Phi) is 3.79. The van der Waals surface area contributed by atoms with Crippen LogP contribution in [0, 0.1) is 0 Å². The van der Waals surface area contributed by atoms with E-state index in [4.69, 9.17) is 0 Å². The van der Waals surface area contributed by atoms with Gasteiger partial charge in [-0.15, -0.1) is 5.10 Å². The zero-order valence-electron chi connectivity index (χ0n) is 11.9. The summed E-state index contributed by atoms with van der Waals surface area (Å²) in [6, 6.07) is 0.0370. The second kappa shape index (κ2) is 5.49. The molecule has 1 aliphatic heterocycles. The summed E-state index contributed by atoms with van der Waals surface area (Å²) >= 11 is 0. The minimum absolute atomic E-state index is 0.0370. The van der Waals surface area contributed by atoms with E-state index in [-0.39, 0.29) is 29.9 Å². The fourth-order valence-corrected chi connectivity index (χ4v) is 3.16. The zero-order valence-corrected chi connectivity index (χ0v) is 11.9. The Morgan fingerprint density at radius 1 is 1.41 bits per heavy atom. The monoisotopic (exact) mass is 318 g/mol. The summed E-state index contributed by atoms with van der Waals surface area (Å²) in [4.78, 5) is 11.6. The number of halogens is 3. The molecule has 2 aliphatic rings. The molecule has 2 heterocycles. The Hall–Kier alpha value is -1.71. The van der Waals surface area contributed by atoms with Crippen LogP contribution in [0.15, 0.2) is 0 Å². The molecule has 1 spiro atoms. The van der Waals surface area contributed by atoms with Gasteiger partial charge in [-0.05, 0) is 36.1 Å². The molecule has 1 aromatic heterocycles. The molecule has 0 radical (unpaired) electrons. The van der Waals surface area contributed by atoms with Crippen molar-refractivity contribution >= 4 is 5.91 Å². The molecule has 1 amide bonds. The fraction of sp³-hybridized carbons (Fsp3) is 0.833. The average Bonchev–Trinajstić information content (AvgIpc) is 2.80. The second-order valence-corrected chi connectivity index (χ2v) is 5.90. The van der Waals surface area contributed by atoms with E-state index in [1.807, 2.05) is 0 Å². The molecule has 1 saturated heterocycles. The Morgan fingerprint density at radius 2 is 2.18 bits per heavy atom. The maximum absolute atomic E-state index is 12.4. The van der Waals surface area contributed by atoms with E-state index in [0.29, 0.717) is 12.8 Å². The Labute approximate surface area is 124 Å². The number of carbonyl (C=O) groups is 1. The van der Waals surface area contributed by atoms with Crippen LogP contribution in [0.1, 0.15) is 37.9 Å². The predicted octanol–water partition coefficient (Wildman–Crippen LogP) is 0.526. The van der Waals surface area contributed by atoms with Crippen LogP contribution >= 0.6 is 0 Å². The summed E-state index contributed by atoms with van der Waals surface area (Å²) in [5.74, 6) is 0.184. The van der Waals surface area contributed by atoms with Crippen molar-refractivity contribution in [1.29, 1.82) is 0 Å². The number of nitrogens with one attached hydrogen (secondary N) is 2. The smallest absolute Gasteiger partial charge is 0.349 e. The van der Waals surface area contributed by atoms with Gasteiger partial charge in [0.15, 0.2) is 5.82 Å². The first kappa shape index (κ1) is 15.2. The number of piperidine rings is 1. The van der Waals surface area contributed by atoms with Gasteiger partial charge in [0.05, 0.1) is 12.1 Å². The van der Waals surface area contributed by atoms with E-state index in [1.165, 1.54) is 0 Å². The van der Waals surface area contributed by atoms with E-state index in [0.717, 1.165) is 23.9 Å². The highest BCUT2D eigenvalue weighted by molar-refractivity contribution is 5.78. The van der Waals surface area contributed by atoms with Crippen molar-refractivity contribution in [2.24, 2.45) is 0 Å². The van der Waals surface area contributed by atoms with Crippen LogP contribution in [-0.4, -0.2) is 43.9 Å². The van der Waals surface area contributed by atoms with Crippen LogP contribution in [0.3, 0.4) is 0 Å². The van der Waals surface area contributed by atoms with Crippen LogP contribution in [-0.2, 0) is 17.9 Å². The maximum Gasteiger partial charge on any atom is 0.408 e. The summed E-state index contributed by atoms with van der Waals surface area (Å²) in [5, 5.41) is 16.6. The number of hydrogen-bond donors (Lipinski definition) is 2. The molecule has 1 unspecified atom stereocenters. The molecule has 7 nitrogen and oxygen atoms in total. The normalized spacial score (nSPS) is 24.1. The van der Waals surface area contributed by atoms with Gasteiger partial charge < -0.3 is 10.6 Å². The van der Waals surface area contributed by atoms with Crippen LogP contribution in [0.5, 0.6) is 0 Å². The first-order valence-corrected chi connectivity index (χ1v) is 7.24. The molecule has 1 atom stereocenters. The molecule has 0 bridgehead atoms. The lowest BCUT2D eigenvalue weighted by Gasteiger charge is -2.51. The third-order valence-corrected chi connectivity index (χ3v) is 4.40.